The topological polar surface area (TPSA) is 95.9 Å². The lowest BCUT2D eigenvalue weighted by Gasteiger charge is -2.05. The van der Waals surface area contributed by atoms with Gasteiger partial charge in [0.05, 0.1) is 16.0 Å². The summed E-state index contributed by atoms with van der Waals surface area (Å²) >= 11 is 1.53. The number of hydrogen-bond donors (Lipinski definition) is 2. The number of nitrogens with zero attached hydrogens (tertiary/aromatic N) is 2. The van der Waals surface area contributed by atoms with E-state index < -0.39 is 5.97 Å². The van der Waals surface area contributed by atoms with Crippen LogP contribution in [-0.2, 0) is 6.42 Å². The Labute approximate surface area is 152 Å². The van der Waals surface area contributed by atoms with Crippen LogP contribution in [0.2, 0.25) is 0 Å². The minimum atomic E-state index is -1.11. The molecule has 0 amide bonds. The van der Waals surface area contributed by atoms with Gasteiger partial charge < -0.3 is 10.1 Å². The minimum absolute atomic E-state index is 0.0125. The number of carboxylic acid groups (broad SMARTS) is 1. The molecule has 4 rings (SSSR count). The Morgan fingerprint density at radius 2 is 1.96 bits per heavy atom. The maximum atomic E-state index is 12.6. The number of hydrogen-bond acceptors (Lipinski definition) is 5. The second-order valence-corrected chi connectivity index (χ2v) is 6.64. The normalized spacial score (nSPS) is 10.9. The predicted molar refractivity (Wildman–Crippen MR) is 98.6 cm³/mol. The maximum Gasteiger partial charge on any atom is 0.336 e. The molecule has 0 bridgehead atoms. The Hall–Kier alpha value is -3.32. The number of rotatable bonds is 5. The van der Waals surface area contributed by atoms with Gasteiger partial charge in [0.2, 0.25) is 0 Å². The SMILES string of the molecule is O=C(O)c1ccccc1C(=O)Cc1cnc2[nH]cc(-c3cncs3)c2c1. The summed E-state index contributed by atoms with van der Waals surface area (Å²) in [6.07, 6.45) is 5.38. The van der Waals surface area contributed by atoms with Crippen LogP contribution in [0.25, 0.3) is 21.5 Å². The van der Waals surface area contributed by atoms with E-state index in [1.807, 2.05) is 12.3 Å². The van der Waals surface area contributed by atoms with Gasteiger partial charge in [-0.15, -0.1) is 11.3 Å². The molecule has 3 aromatic heterocycles. The smallest absolute Gasteiger partial charge is 0.336 e. The number of thiazole rings is 1. The summed E-state index contributed by atoms with van der Waals surface area (Å²) in [5, 5.41) is 10.2. The largest absolute Gasteiger partial charge is 0.478 e. The summed E-state index contributed by atoms with van der Waals surface area (Å²) in [5.41, 5.74) is 4.42. The van der Waals surface area contributed by atoms with Gasteiger partial charge in [0.15, 0.2) is 5.78 Å². The molecule has 7 heteroatoms. The molecule has 0 aliphatic rings. The quantitative estimate of drug-likeness (QED) is 0.526. The molecule has 0 aliphatic carbocycles. The Morgan fingerprint density at radius 3 is 2.69 bits per heavy atom. The van der Waals surface area contributed by atoms with E-state index in [2.05, 4.69) is 15.0 Å². The van der Waals surface area contributed by atoms with E-state index in [0.717, 1.165) is 27.0 Å². The monoisotopic (exact) mass is 363 g/mol. The Balaban J connectivity index is 1.69. The summed E-state index contributed by atoms with van der Waals surface area (Å²) in [7, 11) is 0. The fraction of sp³-hybridized carbons (Fsp3) is 0.0526. The van der Waals surface area contributed by atoms with E-state index >= 15 is 0 Å². The van der Waals surface area contributed by atoms with Gasteiger partial charge in [0.25, 0.3) is 0 Å². The van der Waals surface area contributed by atoms with Crippen molar-refractivity contribution in [2.75, 3.05) is 0 Å². The number of fused-ring (bicyclic) bond motifs is 1. The van der Waals surface area contributed by atoms with Crippen molar-refractivity contribution in [3.8, 4) is 10.4 Å². The van der Waals surface area contributed by atoms with Gasteiger partial charge in [0, 0.05) is 41.5 Å². The first-order valence-electron chi connectivity index (χ1n) is 7.84. The van der Waals surface area contributed by atoms with E-state index in [1.165, 1.54) is 23.5 Å². The number of H-pyrrole nitrogens is 1. The average Bonchev–Trinajstić information content (AvgIpc) is 3.30. The zero-order chi connectivity index (χ0) is 18.1. The van der Waals surface area contributed by atoms with Gasteiger partial charge in [-0.1, -0.05) is 18.2 Å². The molecular weight excluding hydrogens is 350 g/mol. The molecule has 1 aromatic carbocycles. The summed E-state index contributed by atoms with van der Waals surface area (Å²) in [6, 6.07) is 8.15. The number of aromatic amines is 1. The lowest BCUT2D eigenvalue weighted by molar-refractivity contribution is 0.0692. The van der Waals surface area contributed by atoms with Crippen molar-refractivity contribution in [3.05, 3.63) is 71.1 Å². The van der Waals surface area contributed by atoms with Crippen LogP contribution in [0.4, 0.5) is 0 Å². The van der Waals surface area contributed by atoms with Gasteiger partial charge in [-0.25, -0.2) is 9.78 Å². The van der Waals surface area contributed by atoms with Crippen LogP contribution in [0.15, 0.2) is 54.4 Å². The van der Waals surface area contributed by atoms with Crippen molar-refractivity contribution in [3.63, 3.8) is 0 Å². The van der Waals surface area contributed by atoms with Crippen LogP contribution in [-0.4, -0.2) is 31.8 Å². The highest BCUT2D eigenvalue weighted by Gasteiger charge is 2.17. The molecule has 0 spiro atoms. The summed E-state index contributed by atoms with van der Waals surface area (Å²) in [4.78, 5) is 36.5. The average molecular weight is 363 g/mol. The molecule has 0 unspecified atom stereocenters. The van der Waals surface area contributed by atoms with E-state index in [-0.39, 0.29) is 23.3 Å². The van der Waals surface area contributed by atoms with Gasteiger partial charge in [-0.05, 0) is 17.7 Å². The second kappa shape index (κ2) is 6.53. The number of aromatic carboxylic acids is 1. The molecule has 3 heterocycles. The van der Waals surface area contributed by atoms with Crippen LogP contribution >= 0.6 is 11.3 Å². The third-order valence-electron chi connectivity index (χ3n) is 4.11. The molecule has 2 N–H and O–H groups in total. The number of carbonyl (C=O) groups is 2. The Morgan fingerprint density at radius 1 is 1.15 bits per heavy atom. The maximum absolute atomic E-state index is 12.6. The highest BCUT2D eigenvalue weighted by atomic mass is 32.1. The molecule has 0 saturated carbocycles. The number of benzene rings is 1. The van der Waals surface area contributed by atoms with Gasteiger partial charge in [-0.2, -0.15) is 0 Å². The molecule has 26 heavy (non-hydrogen) atoms. The van der Waals surface area contributed by atoms with Crippen molar-refractivity contribution >= 4 is 34.1 Å². The first-order chi connectivity index (χ1) is 12.6. The van der Waals surface area contributed by atoms with Crippen molar-refractivity contribution in [2.24, 2.45) is 0 Å². The molecule has 0 atom stereocenters. The molecule has 0 saturated heterocycles. The molecule has 0 fully saturated rings. The number of Topliss-reactive ketones (excluding diaryl/α,β-unsaturated/α-hetero) is 1. The van der Waals surface area contributed by atoms with E-state index in [4.69, 9.17) is 0 Å². The zero-order valence-electron chi connectivity index (χ0n) is 13.5. The van der Waals surface area contributed by atoms with Crippen LogP contribution in [0, 0.1) is 0 Å². The lowest BCUT2D eigenvalue weighted by Crippen LogP contribution is -2.10. The first kappa shape index (κ1) is 16.2. The van der Waals surface area contributed by atoms with E-state index in [9.17, 15) is 14.7 Å². The number of aromatic nitrogens is 3. The predicted octanol–water partition coefficient (Wildman–Crippen LogP) is 3.81. The van der Waals surface area contributed by atoms with E-state index in [1.54, 1.807) is 30.0 Å². The summed E-state index contributed by atoms with van der Waals surface area (Å²) in [6.45, 7) is 0. The van der Waals surface area contributed by atoms with E-state index in [0.29, 0.717) is 0 Å². The highest BCUT2D eigenvalue weighted by molar-refractivity contribution is 7.13. The highest BCUT2D eigenvalue weighted by Crippen LogP contribution is 2.30. The fourth-order valence-corrected chi connectivity index (χ4v) is 3.54. The molecule has 0 radical (unpaired) electrons. The number of nitrogens with one attached hydrogen (secondary N) is 1. The molecule has 0 aliphatic heterocycles. The lowest BCUT2D eigenvalue weighted by atomic mass is 9.98. The number of pyridine rings is 1. The van der Waals surface area contributed by atoms with Gasteiger partial charge >= 0.3 is 5.97 Å². The molecule has 128 valence electrons. The number of carbonyl (C=O) groups excluding carboxylic acids is 1. The number of carboxylic acids is 1. The van der Waals surface area contributed by atoms with Gasteiger partial charge in [0.1, 0.15) is 5.65 Å². The Kier molecular flexibility index (Phi) is 4.06. The molecule has 4 aromatic rings. The number of ketones is 1. The zero-order valence-corrected chi connectivity index (χ0v) is 14.3. The van der Waals surface area contributed by atoms with Crippen molar-refractivity contribution in [1.29, 1.82) is 0 Å². The third kappa shape index (κ3) is 2.89. The summed E-state index contributed by atoms with van der Waals surface area (Å²) in [5.74, 6) is -1.36. The van der Waals surface area contributed by atoms with Crippen molar-refractivity contribution in [2.45, 2.75) is 6.42 Å². The Bertz CT molecular complexity index is 1120. The van der Waals surface area contributed by atoms with Crippen molar-refractivity contribution < 1.29 is 14.7 Å². The summed E-state index contributed by atoms with van der Waals surface area (Å²) < 4.78 is 0. The fourth-order valence-electron chi connectivity index (χ4n) is 2.89. The standard InChI is InChI=1S/C19H13N3O3S/c23-16(12-3-1-2-4-13(12)19(24)25)6-11-5-14-15(17-9-20-10-26-17)8-22-18(14)21-7-11/h1-5,7-10H,6H2,(H,21,22)(H,24,25). The van der Waals surface area contributed by atoms with Crippen LogP contribution in [0.1, 0.15) is 26.3 Å². The molecule has 6 nitrogen and oxygen atoms in total. The van der Waals surface area contributed by atoms with Crippen LogP contribution < -0.4 is 0 Å². The van der Waals surface area contributed by atoms with Crippen LogP contribution in [0.3, 0.4) is 0 Å². The first-order valence-corrected chi connectivity index (χ1v) is 8.72. The van der Waals surface area contributed by atoms with Gasteiger partial charge in [-0.3, -0.25) is 9.78 Å². The second-order valence-electron chi connectivity index (χ2n) is 5.76. The van der Waals surface area contributed by atoms with Crippen molar-refractivity contribution in [1.82, 2.24) is 15.0 Å². The minimum Gasteiger partial charge on any atom is -0.478 e. The third-order valence-corrected chi connectivity index (χ3v) is 4.91. The molecular formula is C19H13N3O3S. The van der Waals surface area contributed by atoms with Crippen LogP contribution in [0.5, 0.6) is 0 Å².